The van der Waals surface area contributed by atoms with Gasteiger partial charge in [0.25, 0.3) is 0 Å². The molecule has 0 N–H and O–H groups in total. The molecule has 0 saturated heterocycles. The van der Waals surface area contributed by atoms with E-state index in [1.54, 1.807) is 22.3 Å². The number of benzene rings is 3. The van der Waals surface area contributed by atoms with Crippen LogP contribution in [0.5, 0.6) is 0 Å². The molecule has 0 amide bonds. The van der Waals surface area contributed by atoms with Crippen LogP contribution in [0.25, 0.3) is 0 Å². The summed E-state index contributed by atoms with van der Waals surface area (Å²) in [5.74, 6) is 0. The van der Waals surface area contributed by atoms with Crippen LogP contribution in [-0.2, 0) is 52.1 Å². The molecule has 0 fully saturated rings. The van der Waals surface area contributed by atoms with Gasteiger partial charge in [-0.05, 0) is 0 Å². The van der Waals surface area contributed by atoms with Gasteiger partial charge in [0, 0.05) is 0 Å². The van der Waals surface area contributed by atoms with Crippen molar-refractivity contribution in [3.05, 3.63) is 133 Å². The zero-order valence-corrected chi connectivity index (χ0v) is 25.7. The van der Waals surface area contributed by atoms with Gasteiger partial charge in [0.2, 0.25) is 0 Å². The Hall–Kier alpha value is -2.19. The van der Waals surface area contributed by atoms with E-state index in [0.717, 1.165) is 0 Å². The molecule has 0 aromatic heterocycles. The van der Waals surface area contributed by atoms with E-state index in [4.69, 9.17) is 9.30 Å². The third kappa shape index (κ3) is 8.66. The summed E-state index contributed by atoms with van der Waals surface area (Å²) in [4.78, 5) is 0. The third-order valence-electron chi connectivity index (χ3n) is 7.17. The van der Waals surface area contributed by atoms with Gasteiger partial charge in [-0.1, -0.05) is 57.8 Å². The topological polar surface area (TPSA) is 39.8 Å². The number of hydrogen-bond donors (Lipinski definition) is 0. The Morgan fingerprint density at radius 1 is 0.474 bits per heavy atom. The zero-order valence-electron chi connectivity index (χ0n) is 21.8. The maximum atomic E-state index is 7.50. The van der Waals surface area contributed by atoms with Gasteiger partial charge in [0.05, 0.1) is 0 Å². The second-order valence-electron chi connectivity index (χ2n) is 9.39. The Bertz CT molecular complexity index is 1130. The molecule has 2 radical (unpaired) electrons. The van der Waals surface area contributed by atoms with E-state index in [1.807, 2.05) is 0 Å². The molecule has 0 bridgehead atoms. The van der Waals surface area contributed by atoms with E-state index in [2.05, 4.69) is 110 Å². The van der Waals surface area contributed by atoms with Gasteiger partial charge >= 0.3 is 161 Å². The molecule has 0 heterocycles. The normalized spacial score (nSPS) is 13.2. The molecule has 2 nitrogen and oxygen atoms in total. The molecule has 0 atom stereocenters. The molecule has 0 unspecified atom stereocenters. The predicted octanol–water partition coefficient (Wildman–Crippen LogP) is 5.68. The van der Waals surface area contributed by atoms with Crippen molar-refractivity contribution in [2.75, 3.05) is 0 Å². The third-order valence-corrected chi connectivity index (χ3v) is 15.0. The molecule has 0 saturated carbocycles. The van der Waals surface area contributed by atoms with Gasteiger partial charge in [-0.25, -0.2) is 0 Å². The maximum absolute atomic E-state index is 7.50. The monoisotopic (exact) mass is 650 g/mol. The number of hydrogen-bond acceptors (Lipinski definition) is 0. The van der Waals surface area contributed by atoms with Crippen LogP contribution >= 0.6 is 0 Å². The van der Waals surface area contributed by atoms with E-state index in [9.17, 15) is 0 Å². The Kier molecular flexibility index (Phi) is 15.3. The second-order valence-corrected chi connectivity index (χ2v) is 16.5. The molecule has 4 aromatic rings. The fraction of sp³-hybridized carbons (Fsp3) is 0.265. The van der Waals surface area contributed by atoms with E-state index >= 15 is 0 Å². The minimum atomic E-state index is -1.98. The van der Waals surface area contributed by atoms with Gasteiger partial charge in [-0.15, -0.1) is 0 Å². The van der Waals surface area contributed by atoms with E-state index < -0.39 is 19.8 Å². The summed E-state index contributed by atoms with van der Waals surface area (Å²) >= 11 is -1.98. The first-order chi connectivity index (χ1) is 18.4. The number of aryl methyl sites for hydroxylation is 2. The second kappa shape index (κ2) is 18.2. The summed E-state index contributed by atoms with van der Waals surface area (Å²) in [6.07, 6.45) is 12.7. The Labute approximate surface area is 245 Å². The van der Waals surface area contributed by atoms with Crippen molar-refractivity contribution in [1.29, 1.82) is 0 Å². The van der Waals surface area contributed by atoms with Crippen LogP contribution in [0.1, 0.15) is 54.4 Å². The molecule has 4 heteroatoms. The molecular weight excluding hydrogens is 615 g/mol. The molecule has 192 valence electrons. The van der Waals surface area contributed by atoms with Crippen LogP contribution in [0.3, 0.4) is 0 Å². The summed E-state index contributed by atoms with van der Waals surface area (Å²) in [7, 11) is 0. The van der Waals surface area contributed by atoms with E-state index in [0.29, 0.717) is 0 Å². The molecule has 38 heavy (non-hydrogen) atoms. The van der Waals surface area contributed by atoms with E-state index in [1.165, 1.54) is 68.5 Å². The minimum absolute atomic E-state index is 0. The summed E-state index contributed by atoms with van der Waals surface area (Å²) in [5, 5.41) is 0. The van der Waals surface area contributed by atoms with Crippen molar-refractivity contribution in [1.82, 2.24) is 0 Å². The van der Waals surface area contributed by atoms with Gasteiger partial charge in [0.1, 0.15) is 0 Å². The van der Waals surface area contributed by atoms with Crippen LogP contribution < -0.4 is 10.7 Å². The van der Waals surface area contributed by atoms with Gasteiger partial charge in [-0.3, -0.25) is 0 Å². The van der Waals surface area contributed by atoms with Gasteiger partial charge < -0.3 is 0 Å². The number of rotatable bonds is 3. The standard InChI is InChI=1S/C14H19.3C6H5.2CO.Fe.Sn/c1-2-6-11-10-12-7-4-5-9-14(12)13(11)8-3-1;3*1-2-4-6-5-3-1;2*1-2;;/h10H,1-9H2;3*1-5H;;;;/q-1;;;;;;+3;. The summed E-state index contributed by atoms with van der Waals surface area (Å²) in [6.45, 7) is 9.00. The Morgan fingerprint density at radius 3 is 1.18 bits per heavy atom. The van der Waals surface area contributed by atoms with Crippen LogP contribution in [-0.4, -0.2) is 19.8 Å². The van der Waals surface area contributed by atoms with Crippen molar-refractivity contribution in [3.63, 3.8) is 0 Å². The van der Waals surface area contributed by atoms with Gasteiger partial charge in [-0.2, -0.15) is 28.3 Å². The summed E-state index contributed by atoms with van der Waals surface area (Å²) in [6, 6.07) is 35.5. The summed E-state index contributed by atoms with van der Waals surface area (Å²) < 4.78 is 19.6. The fourth-order valence-corrected chi connectivity index (χ4v) is 12.9. The van der Waals surface area contributed by atoms with Crippen molar-refractivity contribution in [3.8, 4) is 0 Å². The first-order valence-corrected chi connectivity index (χ1v) is 17.4. The quantitative estimate of drug-likeness (QED) is 0.119. The Balaban J connectivity index is 0.000000238. The number of fused-ring (bicyclic) bond motifs is 3. The van der Waals surface area contributed by atoms with Crippen LogP contribution in [0.15, 0.2) is 97.1 Å². The molecule has 0 spiro atoms. The van der Waals surface area contributed by atoms with Crippen molar-refractivity contribution in [2.24, 2.45) is 0 Å². The fourth-order valence-electron chi connectivity index (χ4n) is 5.57. The molecule has 4 aromatic carbocycles. The first kappa shape index (κ1) is 32.0. The molecule has 2 aliphatic rings. The molecule has 2 aliphatic carbocycles. The molecule has 6 rings (SSSR count). The van der Waals surface area contributed by atoms with Crippen LogP contribution in [0, 0.1) is 13.3 Å². The molecule has 0 aliphatic heterocycles. The summed E-state index contributed by atoms with van der Waals surface area (Å²) in [5.41, 5.74) is 6.97. The van der Waals surface area contributed by atoms with Crippen LogP contribution in [0.4, 0.5) is 0 Å². The predicted molar refractivity (Wildman–Crippen MR) is 152 cm³/mol. The average molecular weight is 649 g/mol. The van der Waals surface area contributed by atoms with Crippen molar-refractivity contribution in [2.45, 2.75) is 57.8 Å². The zero-order chi connectivity index (χ0) is 26.3. The first-order valence-electron chi connectivity index (χ1n) is 13.1. The Morgan fingerprint density at radius 2 is 0.789 bits per heavy atom. The van der Waals surface area contributed by atoms with E-state index in [-0.39, 0.29) is 17.1 Å². The average Bonchev–Trinajstić information content (AvgIpc) is 3.18. The van der Waals surface area contributed by atoms with Crippen LogP contribution in [0.2, 0.25) is 0 Å². The SMILES string of the molecule is [C-]#[O+].[C-]#[O+].[Fe+3].[cH-]1c2c(c3c1CCCC3)CCCCC2.c1cc[c]([Sn]([c]2ccccc2)[c]2ccccc2)cc1. The van der Waals surface area contributed by atoms with Crippen molar-refractivity contribution < 1.29 is 26.4 Å². The van der Waals surface area contributed by atoms with Crippen molar-refractivity contribution >= 4 is 30.5 Å². The van der Waals surface area contributed by atoms with Gasteiger partial charge in [0.15, 0.2) is 0 Å². The molecular formula is C34H34FeO2Sn+2.